The van der Waals surface area contributed by atoms with Crippen molar-refractivity contribution in [2.45, 2.75) is 25.8 Å². The van der Waals surface area contributed by atoms with E-state index in [1.807, 2.05) is 0 Å². The third-order valence-corrected chi connectivity index (χ3v) is 3.53. The fourth-order valence-electron chi connectivity index (χ4n) is 2.49. The van der Waals surface area contributed by atoms with Crippen molar-refractivity contribution in [2.75, 3.05) is 5.32 Å². The molecule has 1 heteroatoms. The van der Waals surface area contributed by atoms with Crippen LogP contribution in [0.1, 0.15) is 29.2 Å². The topological polar surface area (TPSA) is 12.0 Å². The van der Waals surface area contributed by atoms with Crippen molar-refractivity contribution in [3.63, 3.8) is 0 Å². The lowest BCUT2D eigenvalue weighted by Gasteiger charge is -2.27. The fourth-order valence-corrected chi connectivity index (χ4v) is 2.49. The van der Waals surface area contributed by atoms with Crippen LogP contribution >= 0.6 is 0 Å². The minimum absolute atomic E-state index is 0.463. The molecule has 0 bridgehead atoms. The van der Waals surface area contributed by atoms with Gasteiger partial charge in [0.1, 0.15) is 0 Å². The molecule has 0 radical (unpaired) electrons. The number of benzene rings is 2. The molecule has 86 valence electrons. The Labute approximate surface area is 102 Å². The molecule has 0 spiro atoms. The van der Waals surface area contributed by atoms with Gasteiger partial charge in [-0.2, -0.15) is 0 Å². The van der Waals surface area contributed by atoms with E-state index >= 15 is 0 Å². The summed E-state index contributed by atoms with van der Waals surface area (Å²) in [6.45, 7) is 2.13. The van der Waals surface area contributed by atoms with Crippen LogP contribution in [-0.2, 0) is 6.42 Å². The first-order valence-corrected chi connectivity index (χ1v) is 6.24. The monoisotopic (exact) mass is 223 g/mol. The van der Waals surface area contributed by atoms with Crippen LogP contribution in [0.3, 0.4) is 0 Å². The molecule has 0 saturated heterocycles. The predicted octanol–water partition coefficient (Wildman–Crippen LogP) is 4.09. The zero-order chi connectivity index (χ0) is 11.7. The second kappa shape index (κ2) is 4.25. The lowest BCUT2D eigenvalue weighted by Crippen LogP contribution is -2.17. The lowest BCUT2D eigenvalue weighted by atomic mass is 9.93. The van der Waals surface area contributed by atoms with Gasteiger partial charge in [0.05, 0.1) is 6.04 Å². The van der Waals surface area contributed by atoms with E-state index in [1.165, 1.54) is 35.2 Å². The maximum absolute atomic E-state index is 3.63. The summed E-state index contributed by atoms with van der Waals surface area (Å²) in [6.07, 6.45) is 2.35. The van der Waals surface area contributed by atoms with Crippen molar-refractivity contribution in [3.8, 4) is 0 Å². The fraction of sp³-hybridized carbons (Fsp3) is 0.250. The summed E-state index contributed by atoms with van der Waals surface area (Å²) < 4.78 is 0. The number of rotatable bonds is 1. The number of fused-ring (bicyclic) bond motifs is 1. The maximum Gasteiger partial charge on any atom is 0.0517 e. The summed E-state index contributed by atoms with van der Waals surface area (Å²) in [4.78, 5) is 0. The molecule has 2 aromatic carbocycles. The van der Waals surface area contributed by atoms with E-state index in [0.29, 0.717) is 6.04 Å². The summed E-state index contributed by atoms with van der Waals surface area (Å²) in [7, 11) is 0. The second-order valence-corrected chi connectivity index (χ2v) is 4.80. The highest BCUT2D eigenvalue weighted by Gasteiger charge is 2.18. The third kappa shape index (κ3) is 2.05. The lowest BCUT2D eigenvalue weighted by molar-refractivity contribution is 0.668. The summed E-state index contributed by atoms with van der Waals surface area (Å²) in [5.41, 5.74) is 5.45. The summed E-state index contributed by atoms with van der Waals surface area (Å²) in [5, 5.41) is 3.63. The van der Waals surface area contributed by atoms with E-state index in [4.69, 9.17) is 0 Å². The number of anilines is 1. The molecule has 0 aliphatic carbocycles. The molecule has 1 heterocycles. The van der Waals surface area contributed by atoms with E-state index in [1.54, 1.807) is 0 Å². The number of hydrogen-bond acceptors (Lipinski definition) is 1. The molecule has 0 fully saturated rings. The minimum atomic E-state index is 0.463. The molecular formula is C16H17N. The molecule has 0 aromatic heterocycles. The second-order valence-electron chi connectivity index (χ2n) is 4.80. The van der Waals surface area contributed by atoms with Crippen LogP contribution in [0.4, 0.5) is 5.69 Å². The van der Waals surface area contributed by atoms with Crippen LogP contribution in [0.2, 0.25) is 0 Å². The molecule has 1 aliphatic heterocycles. The Morgan fingerprint density at radius 1 is 1.00 bits per heavy atom. The summed E-state index contributed by atoms with van der Waals surface area (Å²) >= 11 is 0. The maximum atomic E-state index is 3.63. The van der Waals surface area contributed by atoms with Crippen molar-refractivity contribution >= 4 is 5.69 Å². The summed E-state index contributed by atoms with van der Waals surface area (Å²) in [5.74, 6) is 0. The molecule has 0 unspecified atom stereocenters. The van der Waals surface area contributed by atoms with E-state index in [-0.39, 0.29) is 0 Å². The minimum Gasteiger partial charge on any atom is -0.378 e. The van der Waals surface area contributed by atoms with Crippen LogP contribution in [-0.4, -0.2) is 0 Å². The Bertz CT molecular complexity index is 513. The normalized spacial score (nSPS) is 18.3. The number of para-hydroxylation sites is 1. The number of nitrogens with one attached hydrogen (secondary N) is 1. The van der Waals surface area contributed by atoms with Gasteiger partial charge in [-0.1, -0.05) is 48.0 Å². The van der Waals surface area contributed by atoms with Crippen molar-refractivity contribution in [3.05, 3.63) is 65.2 Å². The molecular weight excluding hydrogens is 206 g/mol. The Morgan fingerprint density at radius 2 is 1.76 bits per heavy atom. The molecule has 1 aliphatic rings. The van der Waals surface area contributed by atoms with Gasteiger partial charge in [0.25, 0.3) is 0 Å². The van der Waals surface area contributed by atoms with E-state index in [9.17, 15) is 0 Å². The van der Waals surface area contributed by atoms with Gasteiger partial charge in [-0.3, -0.25) is 0 Å². The predicted molar refractivity (Wildman–Crippen MR) is 72.3 cm³/mol. The van der Waals surface area contributed by atoms with Crippen molar-refractivity contribution in [2.24, 2.45) is 0 Å². The van der Waals surface area contributed by atoms with Gasteiger partial charge in [-0.15, -0.1) is 0 Å². The Hall–Kier alpha value is -1.76. The first-order valence-electron chi connectivity index (χ1n) is 6.24. The molecule has 0 saturated carbocycles. The third-order valence-electron chi connectivity index (χ3n) is 3.53. The zero-order valence-corrected chi connectivity index (χ0v) is 10.1. The van der Waals surface area contributed by atoms with Gasteiger partial charge in [-0.25, -0.2) is 0 Å². The molecule has 2 aromatic rings. The highest BCUT2D eigenvalue weighted by molar-refractivity contribution is 5.54. The Morgan fingerprint density at radius 3 is 2.59 bits per heavy atom. The number of hydrogen-bond donors (Lipinski definition) is 1. The first kappa shape index (κ1) is 10.4. The zero-order valence-electron chi connectivity index (χ0n) is 10.1. The van der Waals surface area contributed by atoms with Gasteiger partial charge < -0.3 is 5.32 Å². The van der Waals surface area contributed by atoms with Crippen molar-refractivity contribution < 1.29 is 0 Å². The molecule has 1 N–H and O–H groups in total. The van der Waals surface area contributed by atoms with Crippen LogP contribution in [0.25, 0.3) is 0 Å². The Balaban J connectivity index is 1.86. The average Bonchev–Trinajstić information content (AvgIpc) is 2.39. The standard InChI is InChI=1S/C16H17N/c1-12-6-8-14(9-7-12)16-11-10-13-4-2-3-5-15(13)17-16/h2-9,16-17H,10-11H2,1H3/t16-/m1/s1. The Kier molecular flexibility index (Phi) is 2.60. The van der Waals surface area contributed by atoms with Gasteiger partial charge in [0.15, 0.2) is 0 Å². The van der Waals surface area contributed by atoms with Crippen molar-refractivity contribution in [1.29, 1.82) is 0 Å². The molecule has 1 atom stereocenters. The van der Waals surface area contributed by atoms with Crippen LogP contribution < -0.4 is 5.32 Å². The quantitative estimate of drug-likeness (QED) is 0.767. The van der Waals surface area contributed by atoms with Crippen LogP contribution in [0.15, 0.2) is 48.5 Å². The van der Waals surface area contributed by atoms with E-state index in [0.717, 1.165) is 0 Å². The molecule has 17 heavy (non-hydrogen) atoms. The van der Waals surface area contributed by atoms with Gasteiger partial charge in [0.2, 0.25) is 0 Å². The molecule has 3 rings (SSSR count). The first-order chi connectivity index (χ1) is 8.33. The smallest absolute Gasteiger partial charge is 0.0517 e. The van der Waals surface area contributed by atoms with Gasteiger partial charge in [-0.05, 0) is 37.0 Å². The average molecular weight is 223 g/mol. The van der Waals surface area contributed by atoms with Crippen LogP contribution in [0.5, 0.6) is 0 Å². The molecule has 1 nitrogen and oxygen atoms in total. The van der Waals surface area contributed by atoms with E-state index < -0.39 is 0 Å². The van der Waals surface area contributed by atoms with Gasteiger partial charge >= 0.3 is 0 Å². The number of aryl methyl sites for hydroxylation is 2. The van der Waals surface area contributed by atoms with Crippen molar-refractivity contribution in [1.82, 2.24) is 0 Å². The summed E-state index contributed by atoms with van der Waals surface area (Å²) in [6, 6.07) is 17.9. The molecule has 0 amide bonds. The van der Waals surface area contributed by atoms with Crippen LogP contribution in [0, 0.1) is 6.92 Å². The largest absolute Gasteiger partial charge is 0.378 e. The highest BCUT2D eigenvalue weighted by atomic mass is 14.9. The van der Waals surface area contributed by atoms with Gasteiger partial charge in [0, 0.05) is 5.69 Å². The highest BCUT2D eigenvalue weighted by Crippen LogP contribution is 2.32. The van der Waals surface area contributed by atoms with E-state index in [2.05, 4.69) is 60.8 Å². The SMILES string of the molecule is Cc1ccc([C@H]2CCc3ccccc3N2)cc1.